The summed E-state index contributed by atoms with van der Waals surface area (Å²) in [5.41, 5.74) is 1.08. The topological polar surface area (TPSA) is 25.8 Å². The van der Waals surface area contributed by atoms with Crippen LogP contribution in [0.2, 0.25) is 0 Å². The Morgan fingerprint density at radius 2 is 1.75 bits per heavy atom. The van der Waals surface area contributed by atoms with Gasteiger partial charge in [-0.3, -0.25) is 0 Å². The molecule has 84 valence electrons. The zero-order valence-electron chi connectivity index (χ0n) is 10.0. The van der Waals surface area contributed by atoms with E-state index in [4.69, 9.17) is 0 Å². The Morgan fingerprint density at radius 1 is 1.12 bits per heavy atom. The number of rotatable bonds is 0. The quantitative estimate of drug-likeness (QED) is 0.620. The highest BCUT2D eigenvalue weighted by atomic mass is 14.8. The summed E-state index contributed by atoms with van der Waals surface area (Å²) in [5, 5.41) is 0. The van der Waals surface area contributed by atoms with Crippen molar-refractivity contribution in [2.24, 2.45) is 11.8 Å². The van der Waals surface area contributed by atoms with Gasteiger partial charge in [-0.05, 0) is 50.0 Å². The van der Waals surface area contributed by atoms with E-state index in [-0.39, 0.29) is 0 Å². The van der Waals surface area contributed by atoms with E-state index in [1.54, 1.807) is 0 Å². The molecule has 2 heteroatoms. The molecule has 0 aromatic carbocycles. The lowest BCUT2D eigenvalue weighted by molar-refractivity contribution is 0.337. The van der Waals surface area contributed by atoms with E-state index in [2.05, 4.69) is 28.7 Å². The molecule has 0 aliphatic heterocycles. The van der Waals surface area contributed by atoms with Crippen molar-refractivity contribution < 1.29 is 0 Å². The Hall–Kier alpha value is -1.36. The standard InChI is InChI=1S/C14H18N2/c1-11-3-5-13(6-4-11)7-8-14-15-9-12(2)10-16-14/h9-11,13H,3-6H2,1-2H3. The summed E-state index contributed by atoms with van der Waals surface area (Å²) in [6.45, 7) is 4.31. The second-order valence-corrected chi connectivity index (χ2v) is 4.81. The number of aryl methyl sites for hydroxylation is 1. The number of hydrogen-bond acceptors (Lipinski definition) is 2. The molecule has 0 radical (unpaired) electrons. The molecule has 0 unspecified atom stereocenters. The summed E-state index contributed by atoms with van der Waals surface area (Å²) < 4.78 is 0. The molecule has 1 aliphatic carbocycles. The van der Waals surface area contributed by atoms with E-state index >= 15 is 0 Å². The van der Waals surface area contributed by atoms with Crippen LogP contribution in [0.4, 0.5) is 0 Å². The lowest BCUT2D eigenvalue weighted by Crippen LogP contribution is -2.10. The first-order valence-corrected chi connectivity index (χ1v) is 6.04. The normalized spacial score (nSPS) is 24.6. The lowest BCUT2D eigenvalue weighted by Gasteiger charge is -2.21. The van der Waals surface area contributed by atoms with Crippen LogP contribution in [0.25, 0.3) is 0 Å². The lowest BCUT2D eigenvalue weighted by atomic mass is 9.83. The first kappa shape index (κ1) is 11.1. The van der Waals surface area contributed by atoms with Crippen molar-refractivity contribution in [1.29, 1.82) is 0 Å². The molecular weight excluding hydrogens is 196 g/mol. The first-order chi connectivity index (χ1) is 7.74. The van der Waals surface area contributed by atoms with Crippen molar-refractivity contribution >= 4 is 0 Å². The highest BCUT2D eigenvalue weighted by Gasteiger charge is 2.15. The van der Waals surface area contributed by atoms with Crippen molar-refractivity contribution in [2.45, 2.75) is 39.5 Å². The molecule has 1 aliphatic rings. The van der Waals surface area contributed by atoms with Crippen LogP contribution in [0, 0.1) is 30.6 Å². The van der Waals surface area contributed by atoms with Gasteiger partial charge in [0.15, 0.2) is 0 Å². The summed E-state index contributed by atoms with van der Waals surface area (Å²) in [7, 11) is 0. The van der Waals surface area contributed by atoms with Gasteiger partial charge in [-0.2, -0.15) is 0 Å². The van der Waals surface area contributed by atoms with Crippen LogP contribution in [-0.2, 0) is 0 Å². The van der Waals surface area contributed by atoms with Crippen LogP contribution < -0.4 is 0 Å². The second kappa shape index (κ2) is 5.12. The Labute approximate surface area is 97.5 Å². The molecule has 1 aromatic heterocycles. The molecule has 0 amide bonds. The summed E-state index contributed by atoms with van der Waals surface area (Å²) in [6.07, 6.45) is 8.74. The number of hydrogen-bond donors (Lipinski definition) is 0. The van der Waals surface area contributed by atoms with Gasteiger partial charge in [-0.1, -0.05) is 12.8 Å². The molecule has 1 aromatic rings. The molecule has 0 spiro atoms. The second-order valence-electron chi connectivity index (χ2n) is 4.81. The number of aromatic nitrogens is 2. The molecule has 0 atom stereocenters. The predicted molar refractivity (Wildman–Crippen MR) is 64.8 cm³/mol. The molecule has 2 rings (SSSR count). The van der Waals surface area contributed by atoms with E-state index in [0.29, 0.717) is 11.7 Å². The van der Waals surface area contributed by atoms with Crippen LogP contribution in [0.3, 0.4) is 0 Å². The maximum absolute atomic E-state index is 4.19. The highest BCUT2D eigenvalue weighted by molar-refractivity contribution is 5.22. The fraction of sp³-hybridized carbons (Fsp3) is 0.571. The van der Waals surface area contributed by atoms with Gasteiger partial charge in [0.1, 0.15) is 0 Å². The van der Waals surface area contributed by atoms with Gasteiger partial charge < -0.3 is 0 Å². The van der Waals surface area contributed by atoms with Crippen LogP contribution in [-0.4, -0.2) is 9.97 Å². The molecule has 0 saturated heterocycles. The van der Waals surface area contributed by atoms with Crippen molar-refractivity contribution in [2.75, 3.05) is 0 Å². The van der Waals surface area contributed by atoms with Gasteiger partial charge in [-0.15, -0.1) is 0 Å². The fourth-order valence-electron chi connectivity index (χ4n) is 2.03. The summed E-state index contributed by atoms with van der Waals surface area (Å²) >= 11 is 0. The monoisotopic (exact) mass is 214 g/mol. The minimum Gasteiger partial charge on any atom is -0.229 e. The molecule has 16 heavy (non-hydrogen) atoms. The maximum atomic E-state index is 4.19. The third kappa shape index (κ3) is 3.06. The van der Waals surface area contributed by atoms with Crippen LogP contribution in [0.1, 0.15) is 44.0 Å². The molecule has 1 saturated carbocycles. The van der Waals surface area contributed by atoms with Gasteiger partial charge in [-0.25, -0.2) is 9.97 Å². The smallest absolute Gasteiger partial charge is 0.204 e. The third-order valence-corrected chi connectivity index (χ3v) is 3.18. The number of nitrogens with zero attached hydrogens (tertiary/aromatic N) is 2. The molecule has 1 heterocycles. The molecule has 0 N–H and O–H groups in total. The van der Waals surface area contributed by atoms with Crippen molar-refractivity contribution in [1.82, 2.24) is 9.97 Å². The van der Waals surface area contributed by atoms with Crippen molar-refractivity contribution in [3.63, 3.8) is 0 Å². The van der Waals surface area contributed by atoms with Gasteiger partial charge in [0.25, 0.3) is 0 Å². The van der Waals surface area contributed by atoms with Gasteiger partial charge in [0.2, 0.25) is 5.82 Å². The van der Waals surface area contributed by atoms with Crippen molar-refractivity contribution in [3.8, 4) is 11.8 Å². The van der Waals surface area contributed by atoms with Gasteiger partial charge in [0, 0.05) is 18.3 Å². The minimum atomic E-state index is 0.557. The SMILES string of the molecule is Cc1cnc(C#CC2CCC(C)CC2)nc1. The average molecular weight is 214 g/mol. The Balaban J connectivity index is 1.96. The Bertz CT molecular complexity index is 389. The Kier molecular flexibility index (Phi) is 3.56. The Morgan fingerprint density at radius 3 is 2.38 bits per heavy atom. The van der Waals surface area contributed by atoms with Gasteiger partial charge in [0.05, 0.1) is 0 Å². The highest BCUT2D eigenvalue weighted by Crippen LogP contribution is 2.27. The average Bonchev–Trinajstić information content (AvgIpc) is 2.30. The summed E-state index contributed by atoms with van der Waals surface area (Å²) in [4.78, 5) is 8.39. The van der Waals surface area contributed by atoms with E-state index in [1.165, 1.54) is 25.7 Å². The molecule has 1 fully saturated rings. The molecule has 0 bridgehead atoms. The van der Waals surface area contributed by atoms with E-state index in [0.717, 1.165) is 11.5 Å². The summed E-state index contributed by atoms with van der Waals surface area (Å²) in [6, 6.07) is 0. The maximum Gasteiger partial charge on any atom is 0.204 e. The van der Waals surface area contributed by atoms with E-state index < -0.39 is 0 Å². The zero-order valence-corrected chi connectivity index (χ0v) is 10.0. The largest absolute Gasteiger partial charge is 0.229 e. The zero-order chi connectivity index (χ0) is 11.4. The predicted octanol–water partition coefficient (Wildman–Crippen LogP) is 2.96. The molecular formula is C14H18N2. The summed E-state index contributed by atoms with van der Waals surface area (Å²) in [5.74, 6) is 8.48. The third-order valence-electron chi connectivity index (χ3n) is 3.18. The van der Waals surface area contributed by atoms with Crippen LogP contribution in [0.5, 0.6) is 0 Å². The fourth-order valence-corrected chi connectivity index (χ4v) is 2.03. The molecule has 2 nitrogen and oxygen atoms in total. The van der Waals surface area contributed by atoms with Crippen molar-refractivity contribution in [3.05, 3.63) is 23.8 Å². The minimum absolute atomic E-state index is 0.557. The van der Waals surface area contributed by atoms with Gasteiger partial charge >= 0.3 is 0 Å². The van der Waals surface area contributed by atoms with Crippen LogP contribution in [0.15, 0.2) is 12.4 Å². The van der Waals surface area contributed by atoms with E-state index in [1.807, 2.05) is 19.3 Å². The van der Waals surface area contributed by atoms with Crippen LogP contribution >= 0.6 is 0 Å². The first-order valence-electron chi connectivity index (χ1n) is 6.04. The van der Waals surface area contributed by atoms with E-state index in [9.17, 15) is 0 Å².